The molecule has 1 heterocycles. The number of halogens is 2. The summed E-state index contributed by atoms with van der Waals surface area (Å²) in [6, 6.07) is 1.31. The fourth-order valence-electron chi connectivity index (χ4n) is 0.676. The van der Waals surface area contributed by atoms with Gasteiger partial charge < -0.3 is 4.74 Å². The van der Waals surface area contributed by atoms with Crippen molar-refractivity contribution in [2.24, 2.45) is 0 Å². The number of carbonyl (C=O) groups excluding carboxylic acids is 1. The van der Waals surface area contributed by atoms with E-state index in [-0.39, 0.29) is 5.56 Å². The summed E-state index contributed by atoms with van der Waals surface area (Å²) in [6.07, 6.45) is 1.27. The summed E-state index contributed by atoms with van der Waals surface area (Å²) in [7, 11) is 1.18. The highest BCUT2D eigenvalue weighted by molar-refractivity contribution is 9.10. The monoisotopic (exact) mass is 233 g/mol. The Morgan fingerprint density at radius 3 is 3.00 bits per heavy atom. The lowest BCUT2D eigenvalue weighted by atomic mass is 10.3. The molecule has 0 aliphatic rings. The Balaban J connectivity index is 3.13. The van der Waals surface area contributed by atoms with Crippen molar-refractivity contribution in [3.8, 4) is 0 Å². The van der Waals surface area contributed by atoms with Crippen LogP contribution in [0.5, 0.6) is 0 Å². The first-order valence-corrected chi connectivity index (χ1v) is 3.84. The maximum absolute atomic E-state index is 12.8. The molecule has 5 heteroatoms. The van der Waals surface area contributed by atoms with Crippen LogP contribution in [0.3, 0.4) is 0 Å². The maximum Gasteiger partial charge on any atom is 0.342 e. The molecule has 3 nitrogen and oxygen atoms in total. The number of pyridine rings is 1. The van der Waals surface area contributed by atoms with Crippen LogP contribution in [0, 0.1) is 5.95 Å². The number of hydrogen-bond donors (Lipinski definition) is 0. The van der Waals surface area contributed by atoms with Crippen LogP contribution in [0.25, 0.3) is 0 Å². The highest BCUT2D eigenvalue weighted by Gasteiger charge is 2.12. The van der Waals surface area contributed by atoms with Crippen LogP contribution in [-0.2, 0) is 4.74 Å². The van der Waals surface area contributed by atoms with E-state index in [1.165, 1.54) is 19.4 Å². The van der Waals surface area contributed by atoms with Crippen LogP contribution in [0.2, 0.25) is 0 Å². The third kappa shape index (κ3) is 1.79. The van der Waals surface area contributed by atoms with Gasteiger partial charge in [-0.3, -0.25) is 0 Å². The second-order valence-electron chi connectivity index (χ2n) is 1.98. The Kier molecular flexibility index (Phi) is 2.75. The molecule has 0 saturated heterocycles. The zero-order chi connectivity index (χ0) is 9.14. The van der Waals surface area contributed by atoms with E-state index < -0.39 is 11.9 Å². The SMILES string of the molecule is COC(=O)c1cc(Br)cnc1F. The highest BCUT2D eigenvalue weighted by atomic mass is 79.9. The van der Waals surface area contributed by atoms with Gasteiger partial charge in [0.1, 0.15) is 5.56 Å². The van der Waals surface area contributed by atoms with Crippen LogP contribution in [-0.4, -0.2) is 18.1 Å². The minimum atomic E-state index is -0.829. The van der Waals surface area contributed by atoms with Crippen molar-refractivity contribution in [3.05, 3.63) is 28.2 Å². The number of aromatic nitrogens is 1. The van der Waals surface area contributed by atoms with Gasteiger partial charge in [0.25, 0.3) is 0 Å². The van der Waals surface area contributed by atoms with Crippen molar-refractivity contribution in [2.75, 3.05) is 7.11 Å². The summed E-state index contributed by atoms with van der Waals surface area (Å²) in [5.41, 5.74) is -0.174. The van der Waals surface area contributed by atoms with Gasteiger partial charge in [-0.1, -0.05) is 0 Å². The smallest absolute Gasteiger partial charge is 0.342 e. The Bertz CT molecular complexity index is 316. The summed E-state index contributed by atoms with van der Waals surface area (Å²) in [5.74, 6) is -1.56. The van der Waals surface area contributed by atoms with Crippen molar-refractivity contribution >= 4 is 21.9 Å². The molecular formula is C7H5BrFNO2. The van der Waals surface area contributed by atoms with Gasteiger partial charge in [-0.05, 0) is 22.0 Å². The molecule has 0 aliphatic heterocycles. The molecule has 0 saturated carbocycles. The van der Waals surface area contributed by atoms with Gasteiger partial charge in [0, 0.05) is 10.7 Å². The molecule has 1 rings (SSSR count). The molecule has 64 valence electrons. The number of ether oxygens (including phenoxy) is 1. The minimum Gasteiger partial charge on any atom is -0.465 e. The van der Waals surface area contributed by atoms with Gasteiger partial charge in [-0.15, -0.1) is 0 Å². The van der Waals surface area contributed by atoms with Crippen LogP contribution < -0.4 is 0 Å². The Hall–Kier alpha value is -0.970. The summed E-state index contributed by atoms with van der Waals surface area (Å²) in [5, 5.41) is 0. The van der Waals surface area contributed by atoms with Gasteiger partial charge in [0.15, 0.2) is 0 Å². The molecule has 0 amide bonds. The predicted molar refractivity (Wildman–Crippen MR) is 43.2 cm³/mol. The number of esters is 1. The fourth-order valence-corrected chi connectivity index (χ4v) is 1.01. The lowest BCUT2D eigenvalue weighted by molar-refractivity contribution is 0.0594. The first-order valence-electron chi connectivity index (χ1n) is 3.04. The Labute approximate surface area is 76.7 Å². The quantitative estimate of drug-likeness (QED) is 0.549. The third-order valence-corrected chi connectivity index (χ3v) is 1.64. The Morgan fingerprint density at radius 1 is 1.75 bits per heavy atom. The largest absolute Gasteiger partial charge is 0.465 e. The number of nitrogens with zero attached hydrogens (tertiary/aromatic N) is 1. The van der Waals surface area contributed by atoms with E-state index in [0.717, 1.165) is 0 Å². The fraction of sp³-hybridized carbons (Fsp3) is 0.143. The number of carbonyl (C=O) groups is 1. The standard InChI is InChI=1S/C7H5BrFNO2/c1-12-7(11)5-2-4(8)3-10-6(5)9/h2-3H,1H3. The van der Waals surface area contributed by atoms with Crippen LogP contribution >= 0.6 is 15.9 Å². The van der Waals surface area contributed by atoms with E-state index in [2.05, 4.69) is 25.7 Å². The summed E-state index contributed by atoms with van der Waals surface area (Å²) < 4.78 is 17.6. The van der Waals surface area contributed by atoms with Gasteiger partial charge in [0.2, 0.25) is 5.95 Å². The molecule has 0 bridgehead atoms. The molecule has 1 aromatic heterocycles. The van der Waals surface area contributed by atoms with Gasteiger partial charge >= 0.3 is 5.97 Å². The molecular weight excluding hydrogens is 229 g/mol. The van der Waals surface area contributed by atoms with Gasteiger partial charge in [-0.25, -0.2) is 9.78 Å². The van der Waals surface area contributed by atoms with Crippen molar-refractivity contribution in [2.45, 2.75) is 0 Å². The van der Waals surface area contributed by atoms with Crippen molar-refractivity contribution in [1.29, 1.82) is 0 Å². The van der Waals surface area contributed by atoms with Crippen LogP contribution in [0.1, 0.15) is 10.4 Å². The molecule has 0 fully saturated rings. The second-order valence-corrected chi connectivity index (χ2v) is 2.90. The van der Waals surface area contributed by atoms with Gasteiger partial charge in [0.05, 0.1) is 7.11 Å². The summed E-state index contributed by atoms with van der Waals surface area (Å²) in [4.78, 5) is 14.2. The zero-order valence-electron chi connectivity index (χ0n) is 6.17. The molecule has 0 radical (unpaired) electrons. The topological polar surface area (TPSA) is 39.2 Å². The molecule has 12 heavy (non-hydrogen) atoms. The lowest BCUT2D eigenvalue weighted by Gasteiger charge is -1.99. The van der Waals surface area contributed by atoms with E-state index in [1.807, 2.05) is 0 Å². The van der Waals surface area contributed by atoms with E-state index in [1.54, 1.807) is 0 Å². The van der Waals surface area contributed by atoms with Crippen molar-refractivity contribution in [1.82, 2.24) is 4.98 Å². The molecule has 0 unspecified atom stereocenters. The first-order chi connectivity index (χ1) is 5.65. The van der Waals surface area contributed by atoms with Gasteiger partial charge in [-0.2, -0.15) is 4.39 Å². The molecule has 1 aromatic rings. The summed E-state index contributed by atoms with van der Waals surface area (Å²) in [6.45, 7) is 0. The molecule has 0 atom stereocenters. The first kappa shape index (κ1) is 9.12. The Morgan fingerprint density at radius 2 is 2.42 bits per heavy atom. The third-order valence-electron chi connectivity index (χ3n) is 1.21. The molecule has 0 spiro atoms. The second kappa shape index (κ2) is 3.62. The van der Waals surface area contributed by atoms with Crippen LogP contribution in [0.15, 0.2) is 16.7 Å². The van der Waals surface area contributed by atoms with E-state index in [0.29, 0.717) is 4.47 Å². The average Bonchev–Trinajstić information content (AvgIpc) is 2.08. The molecule has 0 N–H and O–H groups in total. The van der Waals surface area contributed by atoms with Crippen molar-refractivity contribution in [3.63, 3.8) is 0 Å². The normalized spacial score (nSPS) is 9.58. The van der Waals surface area contributed by atoms with E-state index in [4.69, 9.17) is 0 Å². The maximum atomic E-state index is 12.8. The van der Waals surface area contributed by atoms with Crippen LogP contribution in [0.4, 0.5) is 4.39 Å². The number of methoxy groups -OCH3 is 1. The number of hydrogen-bond acceptors (Lipinski definition) is 3. The predicted octanol–water partition coefficient (Wildman–Crippen LogP) is 1.77. The summed E-state index contributed by atoms with van der Waals surface area (Å²) >= 11 is 3.06. The van der Waals surface area contributed by atoms with E-state index >= 15 is 0 Å². The molecule has 0 aliphatic carbocycles. The number of rotatable bonds is 1. The highest BCUT2D eigenvalue weighted by Crippen LogP contribution is 2.13. The van der Waals surface area contributed by atoms with Crippen molar-refractivity contribution < 1.29 is 13.9 Å². The minimum absolute atomic E-state index is 0.174. The molecule has 0 aromatic carbocycles. The zero-order valence-corrected chi connectivity index (χ0v) is 7.76. The average molecular weight is 234 g/mol. The lowest BCUT2D eigenvalue weighted by Crippen LogP contribution is -2.05. The van der Waals surface area contributed by atoms with E-state index in [9.17, 15) is 9.18 Å².